The van der Waals surface area contributed by atoms with Crippen LogP contribution in [0.2, 0.25) is 0 Å². The van der Waals surface area contributed by atoms with Crippen LogP contribution in [0.1, 0.15) is 6.93 Å². The molecule has 0 bridgehead atoms. The van der Waals surface area contributed by atoms with E-state index in [2.05, 4.69) is 86.3 Å². The molecule has 2 heterocycles. The van der Waals surface area contributed by atoms with Gasteiger partial charge in [0.15, 0.2) is 0 Å². The molecule has 0 saturated carbocycles. The number of benzene rings is 4. The van der Waals surface area contributed by atoms with Crippen molar-refractivity contribution in [2.75, 3.05) is 7.15 Å². The number of halogens is 3. The number of hydrogen-bond acceptors (Lipinski definition) is 2. The van der Waals surface area contributed by atoms with E-state index in [1.807, 2.05) is 85.3 Å². The molecule has 6 rings (SSSR count). The molecular formula is C28H25CuFI2N3. The molecule has 0 spiro atoms. The van der Waals surface area contributed by atoms with Crippen LogP contribution in [-0.4, -0.2) is 22.9 Å². The number of aromatic nitrogens is 2. The molecule has 1 aliphatic heterocycles. The zero-order chi connectivity index (χ0) is 26.0. The summed E-state index contributed by atoms with van der Waals surface area (Å²) in [6.45, 7) is 0. The van der Waals surface area contributed by atoms with Gasteiger partial charge < -0.3 is 0 Å². The Morgan fingerprint density at radius 2 is 1.40 bits per heavy atom. The summed E-state index contributed by atoms with van der Waals surface area (Å²) in [6, 6.07) is 36.8. The molecule has 3 nitrogen and oxygen atoms in total. The van der Waals surface area contributed by atoms with Crippen molar-refractivity contribution in [3.05, 3.63) is 125 Å². The molecule has 0 saturated heterocycles. The first-order chi connectivity index (χ1) is 17.7. The normalized spacial score (nSPS) is 10.6. The van der Waals surface area contributed by atoms with Crippen molar-refractivity contribution in [2.45, 2.75) is 6.42 Å². The molecule has 1 aromatic heterocycles. The minimum atomic E-state index is -1.00. The summed E-state index contributed by atoms with van der Waals surface area (Å²) < 4.78 is 18.9. The zero-order valence-corrected chi connectivity index (χ0v) is 24.0. The van der Waals surface area contributed by atoms with Crippen molar-refractivity contribution in [3.8, 4) is 5.69 Å². The first-order valence-corrected chi connectivity index (χ1v) is 14.6. The van der Waals surface area contributed by atoms with Crippen molar-refractivity contribution < 1.29 is 18.5 Å². The average Bonchev–Trinajstić information content (AvgIpc) is 3.59. The summed E-state index contributed by atoms with van der Waals surface area (Å²) in [5.74, 6) is 0. The topological polar surface area (TPSA) is 30.2 Å². The molecule has 0 radical (unpaired) electrons. The number of para-hydroxylation sites is 4. The van der Waals surface area contributed by atoms with Crippen LogP contribution in [0.3, 0.4) is 0 Å². The van der Waals surface area contributed by atoms with Crippen molar-refractivity contribution in [1.82, 2.24) is 9.55 Å². The van der Waals surface area contributed by atoms with Gasteiger partial charge in [0.2, 0.25) is 0 Å². The summed E-state index contributed by atoms with van der Waals surface area (Å²) in [6.07, 6.45) is 4.82. The van der Waals surface area contributed by atoms with E-state index in [9.17, 15) is 4.39 Å². The van der Waals surface area contributed by atoms with Gasteiger partial charge in [-0.25, -0.2) is 4.98 Å². The Hall–Kier alpha value is -2.07. The first-order valence-electron chi connectivity index (χ1n) is 11.2. The maximum atomic E-state index is 9.96. The van der Waals surface area contributed by atoms with Crippen molar-refractivity contribution >= 4 is 65.9 Å². The minimum Gasteiger partial charge on any atom is -0.299 e. The van der Waals surface area contributed by atoms with E-state index in [0.717, 1.165) is 28.8 Å². The number of imidazole rings is 1. The van der Waals surface area contributed by atoms with Crippen LogP contribution in [0.4, 0.5) is 10.1 Å². The van der Waals surface area contributed by atoms with Crippen LogP contribution >= 0.6 is 42.9 Å². The molecule has 0 aliphatic carbocycles. The molecule has 0 amide bonds. The van der Waals surface area contributed by atoms with Gasteiger partial charge in [-0.1, -0.05) is 66.7 Å². The Morgan fingerprint density at radius 1 is 0.829 bits per heavy atom. The Balaban J connectivity index is 0.000000186. The van der Waals surface area contributed by atoms with Crippen LogP contribution in [0.15, 0.2) is 121 Å². The van der Waals surface area contributed by atoms with Crippen molar-refractivity contribution in [2.24, 2.45) is 4.99 Å². The van der Waals surface area contributed by atoms with Crippen LogP contribution in [-0.2, 0) is 19.2 Å². The van der Waals surface area contributed by atoms with Gasteiger partial charge >= 0.3 is 33.1 Å². The fourth-order valence-electron chi connectivity index (χ4n) is 3.22. The number of aliphatic imine (C=N–C) groups is 1. The van der Waals surface area contributed by atoms with Gasteiger partial charge in [0, 0.05) is 21.9 Å². The summed E-state index contributed by atoms with van der Waals surface area (Å²) in [4.78, 5) is 8.53. The van der Waals surface area contributed by atoms with Crippen LogP contribution in [0.25, 0.3) is 16.7 Å². The molecule has 0 unspecified atom stereocenters. The molecule has 0 atom stereocenters. The van der Waals surface area contributed by atoms with Gasteiger partial charge in [-0.2, -0.15) is 0 Å². The number of fused-ring (bicyclic) bond motifs is 2. The standard InChI is InChI=1S/C13H10N2.C8H7N.C6H5I.CH3F.Cu.HI/c1-2-6-11(7-3-1)15-10-14-12-8-4-5-9-13(12)15;1-2-4-8-7(3-1)5-6-9-8;7-6-4-2-1-3-5-6;1-2;;/h1-10H;1-4,6H,5H2;1-5H;1H3;;1H/q;;;;+1;/p-1/i;;;1D;;. The molecule has 0 fully saturated rings. The SMILES string of the molecule is C1=Nc2ccccc2C1.Ic1ccccc1.[2H]CF.[Cu][I].c1ccc(-n2cnc3ccccc32)cc1. The molecule has 35 heavy (non-hydrogen) atoms. The monoisotopic (exact) mass is 740 g/mol. The van der Waals surface area contributed by atoms with E-state index < -0.39 is 7.15 Å². The number of alkyl halides is 1. The average molecular weight is 741 g/mol. The van der Waals surface area contributed by atoms with Gasteiger partial charge in [-0.15, -0.1) is 0 Å². The van der Waals surface area contributed by atoms with E-state index >= 15 is 0 Å². The van der Waals surface area contributed by atoms with Crippen LogP contribution in [0, 0.1) is 3.57 Å². The fourth-order valence-corrected chi connectivity index (χ4v) is 3.64. The third-order valence-electron chi connectivity index (χ3n) is 4.75. The number of rotatable bonds is 1. The molecule has 7 heteroatoms. The van der Waals surface area contributed by atoms with E-state index in [-0.39, 0.29) is 0 Å². The van der Waals surface area contributed by atoms with Crippen molar-refractivity contribution in [1.29, 1.82) is 0 Å². The maximum absolute atomic E-state index is 9.96. The molecule has 184 valence electrons. The fraction of sp³-hybridized carbons (Fsp3) is 0.0714. The van der Waals surface area contributed by atoms with Crippen molar-refractivity contribution in [3.63, 3.8) is 0 Å². The second-order valence-electron chi connectivity index (χ2n) is 6.88. The van der Waals surface area contributed by atoms with E-state index in [1.165, 1.54) is 9.13 Å². The summed E-state index contributed by atoms with van der Waals surface area (Å²) >= 11 is 8.15. The Kier molecular flexibility index (Phi) is 13.7. The summed E-state index contributed by atoms with van der Waals surface area (Å²) in [5, 5.41) is 0. The van der Waals surface area contributed by atoms with Crippen LogP contribution < -0.4 is 0 Å². The maximum Gasteiger partial charge on any atom is 0.100 e. The quantitative estimate of drug-likeness (QED) is 0.125. The van der Waals surface area contributed by atoms with Gasteiger partial charge in [0.25, 0.3) is 0 Å². The molecule has 5 aromatic rings. The first kappa shape index (κ1) is 27.5. The molecule has 0 N–H and O–H groups in total. The van der Waals surface area contributed by atoms with E-state index in [4.69, 9.17) is 1.37 Å². The van der Waals surface area contributed by atoms with E-state index in [1.54, 1.807) is 20.3 Å². The number of nitrogens with zero attached hydrogens (tertiary/aromatic N) is 3. The second kappa shape index (κ2) is 17.4. The third kappa shape index (κ3) is 9.48. The minimum absolute atomic E-state index is 1.00. The van der Waals surface area contributed by atoms with Crippen LogP contribution in [0.5, 0.6) is 0 Å². The molecule has 1 aliphatic rings. The number of hydrogen-bond donors (Lipinski definition) is 0. The smallest absolute Gasteiger partial charge is 0.100 e. The Labute approximate surface area is 241 Å². The van der Waals surface area contributed by atoms with Gasteiger partial charge in [0.1, 0.15) is 6.33 Å². The van der Waals surface area contributed by atoms with Gasteiger partial charge in [-0.05, 0) is 70.6 Å². The zero-order valence-electron chi connectivity index (χ0n) is 19.7. The Bertz CT molecular complexity index is 1300. The predicted octanol–water partition coefficient (Wildman–Crippen LogP) is 8.73. The molecule has 4 aromatic carbocycles. The van der Waals surface area contributed by atoms with Gasteiger partial charge in [-0.3, -0.25) is 13.9 Å². The summed E-state index contributed by atoms with van der Waals surface area (Å²) in [5.41, 5.74) is 5.80. The second-order valence-corrected chi connectivity index (χ2v) is 8.12. The van der Waals surface area contributed by atoms with Gasteiger partial charge in [0.05, 0.1) is 25.2 Å². The Morgan fingerprint density at radius 3 is 2.03 bits per heavy atom. The predicted molar refractivity (Wildman–Crippen MR) is 160 cm³/mol. The largest absolute Gasteiger partial charge is 0.299 e. The van der Waals surface area contributed by atoms with E-state index in [0.29, 0.717) is 0 Å². The molecular weight excluding hydrogens is 715 g/mol. The third-order valence-corrected chi connectivity index (χ3v) is 5.47. The summed E-state index contributed by atoms with van der Waals surface area (Å²) in [7, 11) is -1.00.